The third kappa shape index (κ3) is 4.95. The van der Waals surface area contributed by atoms with Crippen LogP contribution in [0.5, 0.6) is 0 Å². The van der Waals surface area contributed by atoms with Gasteiger partial charge in [0, 0.05) is 31.7 Å². The number of benzene rings is 2. The van der Waals surface area contributed by atoms with E-state index >= 15 is 0 Å². The van der Waals surface area contributed by atoms with E-state index in [0.29, 0.717) is 36.4 Å². The molecule has 1 unspecified atom stereocenters. The number of nitrogens with zero attached hydrogens (tertiary/aromatic N) is 4. The molecule has 2 N–H and O–H groups in total. The highest BCUT2D eigenvalue weighted by molar-refractivity contribution is 6.06. The summed E-state index contributed by atoms with van der Waals surface area (Å²) in [7, 11) is 0. The van der Waals surface area contributed by atoms with Gasteiger partial charge in [-0.05, 0) is 43.7 Å². The van der Waals surface area contributed by atoms with E-state index in [1.165, 1.54) is 5.56 Å². The molecule has 0 saturated carbocycles. The zero-order valence-electron chi connectivity index (χ0n) is 19.9. The monoisotopic (exact) mass is 468 g/mol. The fraction of sp³-hybridized carbons (Fsp3) is 0.321. The maximum absolute atomic E-state index is 13.5. The SMILES string of the molecule is Cc1nc(-c2ccccc2)nc(C(N)=O)c1C(=O)N1CC2CN(CC[CH]c3ccccc3)C[C@H]2C1. The van der Waals surface area contributed by atoms with Crippen LogP contribution in [0, 0.1) is 25.2 Å². The molecule has 0 aliphatic carbocycles. The molecule has 2 atom stereocenters. The first-order valence-electron chi connectivity index (χ1n) is 12.1. The molecule has 1 aromatic heterocycles. The van der Waals surface area contributed by atoms with Crippen molar-refractivity contribution in [2.45, 2.75) is 13.3 Å². The minimum absolute atomic E-state index is 0.00325. The quantitative estimate of drug-likeness (QED) is 0.575. The normalized spacial score (nSPS) is 19.6. The standard InChI is InChI=1S/C28H30N5O2/c1-19-24(25(26(29)34)31-27(30-19)21-12-6-3-7-13-21)28(35)33-17-22-15-32(16-23(22)18-33)14-8-11-20-9-4-2-5-10-20/h2-7,9-13,22-23H,8,14-18H2,1H3,(H2,29,34)/t22-,23?/m0/s1. The first-order valence-corrected chi connectivity index (χ1v) is 12.1. The first kappa shape index (κ1) is 23.2. The van der Waals surface area contributed by atoms with Gasteiger partial charge in [-0.1, -0.05) is 60.7 Å². The Kier molecular flexibility index (Phi) is 6.59. The van der Waals surface area contributed by atoms with Crippen molar-refractivity contribution < 1.29 is 9.59 Å². The molecule has 3 aromatic rings. The van der Waals surface area contributed by atoms with E-state index < -0.39 is 5.91 Å². The smallest absolute Gasteiger partial charge is 0.268 e. The number of rotatable bonds is 7. The maximum Gasteiger partial charge on any atom is 0.268 e. The number of likely N-dealkylation sites (tertiary alicyclic amines) is 2. The number of nitrogens with two attached hydrogens (primary N) is 1. The van der Waals surface area contributed by atoms with Crippen molar-refractivity contribution in [2.24, 2.45) is 17.6 Å². The lowest BCUT2D eigenvalue weighted by atomic mass is 10.0. The highest BCUT2D eigenvalue weighted by Gasteiger charge is 2.42. The van der Waals surface area contributed by atoms with E-state index in [0.717, 1.165) is 31.6 Å². The van der Waals surface area contributed by atoms with Crippen LogP contribution in [-0.4, -0.2) is 64.3 Å². The van der Waals surface area contributed by atoms with Crippen LogP contribution >= 0.6 is 0 Å². The van der Waals surface area contributed by atoms with Crippen LogP contribution < -0.4 is 5.73 Å². The van der Waals surface area contributed by atoms with E-state index in [4.69, 9.17) is 5.73 Å². The summed E-state index contributed by atoms with van der Waals surface area (Å²) in [6, 6.07) is 19.8. The summed E-state index contributed by atoms with van der Waals surface area (Å²) in [4.78, 5) is 39.1. The van der Waals surface area contributed by atoms with E-state index in [1.54, 1.807) is 6.92 Å². The summed E-state index contributed by atoms with van der Waals surface area (Å²) in [5.41, 5.74) is 8.39. The molecule has 2 aliphatic rings. The Morgan fingerprint density at radius 3 is 2.20 bits per heavy atom. The molecule has 35 heavy (non-hydrogen) atoms. The summed E-state index contributed by atoms with van der Waals surface area (Å²) < 4.78 is 0. The van der Waals surface area contributed by atoms with Crippen LogP contribution in [0.4, 0.5) is 0 Å². The molecule has 179 valence electrons. The van der Waals surface area contributed by atoms with Crippen molar-refractivity contribution >= 4 is 11.8 Å². The van der Waals surface area contributed by atoms with Gasteiger partial charge in [0.1, 0.15) is 5.69 Å². The van der Waals surface area contributed by atoms with Gasteiger partial charge < -0.3 is 15.5 Å². The molecule has 7 nitrogen and oxygen atoms in total. The molecule has 0 spiro atoms. The van der Waals surface area contributed by atoms with Crippen LogP contribution in [0.15, 0.2) is 60.7 Å². The van der Waals surface area contributed by atoms with E-state index in [9.17, 15) is 9.59 Å². The summed E-state index contributed by atoms with van der Waals surface area (Å²) in [5, 5.41) is 0. The predicted octanol–water partition coefficient (Wildman–Crippen LogP) is 3.20. The Balaban J connectivity index is 1.24. The number of hydrogen-bond donors (Lipinski definition) is 1. The van der Waals surface area contributed by atoms with Gasteiger partial charge in [-0.25, -0.2) is 9.97 Å². The number of aromatic nitrogens is 2. The third-order valence-electron chi connectivity index (χ3n) is 7.04. The highest BCUT2D eigenvalue weighted by atomic mass is 16.2. The minimum Gasteiger partial charge on any atom is -0.364 e. The fourth-order valence-corrected chi connectivity index (χ4v) is 5.32. The molecule has 1 radical (unpaired) electrons. The van der Waals surface area contributed by atoms with Crippen LogP contribution in [0.3, 0.4) is 0 Å². The lowest BCUT2D eigenvalue weighted by molar-refractivity contribution is 0.0766. The van der Waals surface area contributed by atoms with E-state index in [2.05, 4.69) is 45.6 Å². The Morgan fingerprint density at radius 2 is 1.57 bits per heavy atom. The molecule has 3 heterocycles. The van der Waals surface area contributed by atoms with Gasteiger partial charge in [0.2, 0.25) is 0 Å². The van der Waals surface area contributed by atoms with Gasteiger partial charge in [-0.15, -0.1) is 0 Å². The number of fused-ring (bicyclic) bond motifs is 1. The van der Waals surface area contributed by atoms with Crippen LogP contribution in [0.25, 0.3) is 11.4 Å². The van der Waals surface area contributed by atoms with Crippen molar-refractivity contribution in [2.75, 3.05) is 32.7 Å². The van der Waals surface area contributed by atoms with Crippen molar-refractivity contribution in [3.05, 3.63) is 89.6 Å². The van der Waals surface area contributed by atoms with Gasteiger partial charge in [-0.2, -0.15) is 0 Å². The van der Waals surface area contributed by atoms with E-state index in [1.807, 2.05) is 41.3 Å². The number of carbonyl (C=O) groups excluding carboxylic acids is 2. The van der Waals surface area contributed by atoms with Gasteiger partial charge >= 0.3 is 0 Å². The Hall–Kier alpha value is -3.58. The molecule has 5 rings (SSSR count). The fourth-order valence-electron chi connectivity index (χ4n) is 5.32. The third-order valence-corrected chi connectivity index (χ3v) is 7.04. The van der Waals surface area contributed by atoms with E-state index in [-0.39, 0.29) is 17.2 Å². The second-order valence-corrected chi connectivity index (χ2v) is 9.48. The average molecular weight is 469 g/mol. The van der Waals surface area contributed by atoms with Gasteiger partial charge in [0.15, 0.2) is 5.82 Å². The summed E-state index contributed by atoms with van der Waals surface area (Å²) in [6.07, 6.45) is 3.29. The summed E-state index contributed by atoms with van der Waals surface area (Å²) in [5.74, 6) is 0.371. The molecule has 2 saturated heterocycles. The molecule has 2 aliphatic heterocycles. The molecule has 0 bridgehead atoms. The zero-order chi connectivity index (χ0) is 24.4. The molecule has 7 heteroatoms. The topological polar surface area (TPSA) is 92.4 Å². The van der Waals surface area contributed by atoms with Crippen molar-refractivity contribution in [1.29, 1.82) is 0 Å². The van der Waals surface area contributed by atoms with Crippen LogP contribution in [-0.2, 0) is 0 Å². The Bertz CT molecular complexity index is 1200. The summed E-state index contributed by atoms with van der Waals surface area (Å²) in [6.45, 7) is 6.11. The minimum atomic E-state index is -0.712. The molecular formula is C28H30N5O2. The number of hydrogen-bond acceptors (Lipinski definition) is 5. The summed E-state index contributed by atoms with van der Waals surface area (Å²) >= 11 is 0. The van der Waals surface area contributed by atoms with Crippen LogP contribution in [0.1, 0.15) is 38.5 Å². The second-order valence-electron chi connectivity index (χ2n) is 9.48. The molecule has 2 fully saturated rings. The number of primary amides is 1. The molecule has 2 amide bonds. The zero-order valence-corrected chi connectivity index (χ0v) is 19.9. The lowest BCUT2D eigenvalue weighted by Gasteiger charge is -2.23. The molecule has 2 aromatic carbocycles. The van der Waals surface area contributed by atoms with Crippen molar-refractivity contribution in [3.63, 3.8) is 0 Å². The van der Waals surface area contributed by atoms with Crippen LogP contribution in [0.2, 0.25) is 0 Å². The largest absolute Gasteiger partial charge is 0.364 e. The Labute approximate surface area is 206 Å². The first-order chi connectivity index (χ1) is 17.0. The average Bonchev–Trinajstić information content (AvgIpc) is 3.43. The highest BCUT2D eigenvalue weighted by Crippen LogP contribution is 2.33. The van der Waals surface area contributed by atoms with Gasteiger partial charge in [0.25, 0.3) is 11.8 Å². The lowest BCUT2D eigenvalue weighted by Crippen LogP contribution is -2.35. The van der Waals surface area contributed by atoms with Gasteiger partial charge in [0.05, 0.1) is 11.3 Å². The predicted molar refractivity (Wildman–Crippen MR) is 135 cm³/mol. The number of amides is 2. The number of aryl methyl sites for hydroxylation is 1. The molecular weight excluding hydrogens is 438 g/mol. The van der Waals surface area contributed by atoms with Crippen molar-refractivity contribution in [1.82, 2.24) is 19.8 Å². The second kappa shape index (κ2) is 9.96. The Morgan fingerprint density at radius 1 is 0.943 bits per heavy atom. The van der Waals surface area contributed by atoms with Gasteiger partial charge in [-0.3, -0.25) is 9.59 Å². The maximum atomic E-state index is 13.5. The van der Waals surface area contributed by atoms with Crippen molar-refractivity contribution in [3.8, 4) is 11.4 Å². The number of carbonyl (C=O) groups is 2.